The molecule has 0 saturated heterocycles. The first-order chi connectivity index (χ1) is 19.1. The molecule has 0 saturated carbocycles. The first-order valence-corrected chi connectivity index (χ1v) is 12.4. The highest BCUT2D eigenvalue weighted by Crippen LogP contribution is 2.46. The summed E-state index contributed by atoms with van der Waals surface area (Å²) >= 11 is 0. The molecule has 0 radical (unpaired) electrons. The summed E-state index contributed by atoms with van der Waals surface area (Å²) < 4.78 is 40.8. The van der Waals surface area contributed by atoms with Gasteiger partial charge in [0.25, 0.3) is 0 Å². The Kier molecular flexibility index (Phi) is 9.18. The Hall–Kier alpha value is -4.36. The second kappa shape index (κ2) is 12.9. The Bertz CT molecular complexity index is 1200. The van der Waals surface area contributed by atoms with Gasteiger partial charge in [0.1, 0.15) is 12.2 Å². The lowest BCUT2D eigenvalue weighted by molar-refractivity contribution is 0.0303. The Morgan fingerprint density at radius 2 is 0.692 bits per heavy atom. The van der Waals surface area contributed by atoms with E-state index in [0.29, 0.717) is 34.5 Å². The lowest BCUT2D eigenvalue weighted by Crippen LogP contribution is -2.14. The van der Waals surface area contributed by atoms with E-state index in [0.717, 1.165) is 22.3 Å². The van der Waals surface area contributed by atoms with Crippen molar-refractivity contribution in [1.82, 2.24) is 0 Å². The molecule has 4 rings (SSSR count). The van der Waals surface area contributed by atoms with Crippen molar-refractivity contribution in [2.45, 2.75) is 12.2 Å². The van der Waals surface area contributed by atoms with Crippen LogP contribution in [0.1, 0.15) is 34.5 Å². The number of ether oxygens (including phenoxy) is 7. The van der Waals surface area contributed by atoms with Crippen LogP contribution in [-0.4, -0.2) is 42.7 Å². The highest BCUT2D eigenvalue weighted by molar-refractivity contribution is 5.56. The first-order valence-electron chi connectivity index (χ1n) is 12.4. The summed E-state index contributed by atoms with van der Waals surface area (Å²) in [5.41, 5.74) is 3.59. The van der Waals surface area contributed by atoms with E-state index in [1.807, 2.05) is 84.9 Å². The molecule has 0 bridgehead atoms. The molecule has 204 valence electrons. The average molecular weight is 531 g/mol. The molecule has 0 aliphatic carbocycles. The molecule has 39 heavy (non-hydrogen) atoms. The van der Waals surface area contributed by atoms with Crippen molar-refractivity contribution in [3.8, 4) is 34.5 Å². The van der Waals surface area contributed by atoms with E-state index in [2.05, 4.69) is 0 Å². The van der Waals surface area contributed by atoms with Crippen LogP contribution in [0.2, 0.25) is 0 Å². The minimum absolute atomic E-state index is 0.496. The molecule has 0 heterocycles. The second-order valence-corrected chi connectivity index (χ2v) is 8.63. The maximum atomic E-state index is 7.04. The monoisotopic (exact) mass is 530 g/mol. The van der Waals surface area contributed by atoms with Gasteiger partial charge in [-0.25, -0.2) is 0 Å². The zero-order valence-electron chi connectivity index (χ0n) is 23.1. The molecule has 2 atom stereocenters. The van der Waals surface area contributed by atoms with Crippen LogP contribution >= 0.6 is 0 Å². The van der Waals surface area contributed by atoms with Gasteiger partial charge in [0, 0.05) is 0 Å². The van der Waals surface area contributed by atoms with E-state index in [1.54, 1.807) is 42.7 Å². The van der Waals surface area contributed by atoms with Gasteiger partial charge in [-0.2, -0.15) is 0 Å². The Balaban J connectivity index is 1.92. The SMILES string of the molecule is COc1cc(C(OC(c2ccccc2)c2cc(OC)c(OC)c(OC)c2)c2ccccc2)cc(OC)c1OC. The van der Waals surface area contributed by atoms with Gasteiger partial charge in [-0.1, -0.05) is 60.7 Å². The standard InChI is InChI=1S/C32H34O7/c1-33-25-17-23(18-26(34-2)31(25)37-5)29(21-13-9-7-10-14-21)39-30(22-15-11-8-12-16-22)24-19-27(35-3)32(38-6)28(20-24)36-4/h7-20,29-30H,1-6H3. The molecule has 4 aromatic rings. The van der Waals surface area contributed by atoms with Crippen molar-refractivity contribution in [3.63, 3.8) is 0 Å². The van der Waals surface area contributed by atoms with Crippen molar-refractivity contribution in [2.75, 3.05) is 42.7 Å². The number of hydrogen-bond acceptors (Lipinski definition) is 7. The van der Waals surface area contributed by atoms with Gasteiger partial charge in [-0.3, -0.25) is 0 Å². The largest absolute Gasteiger partial charge is 0.493 e. The molecule has 0 N–H and O–H groups in total. The van der Waals surface area contributed by atoms with E-state index in [9.17, 15) is 0 Å². The Morgan fingerprint density at radius 3 is 0.949 bits per heavy atom. The van der Waals surface area contributed by atoms with E-state index in [4.69, 9.17) is 33.2 Å². The fourth-order valence-corrected chi connectivity index (χ4v) is 4.60. The summed E-state index contributed by atoms with van der Waals surface area (Å²) in [6.45, 7) is 0. The van der Waals surface area contributed by atoms with Crippen LogP contribution in [0.15, 0.2) is 84.9 Å². The van der Waals surface area contributed by atoms with Crippen molar-refractivity contribution >= 4 is 0 Å². The van der Waals surface area contributed by atoms with Gasteiger partial charge in [0.05, 0.1) is 42.7 Å². The van der Waals surface area contributed by atoms with Crippen LogP contribution in [0.25, 0.3) is 0 Å². The summed E-state index contributed by atoms with van der Waals surface area (Å²) in [6, 6.07) is 27.7. The van der Waals surface area contributed by atoms with E-state index in [1.165, 1.54) is 0 Å². The minimum Gasteiger partial charge on any atom is -0.493 e. The predicted molar refractivity (Wildman–Crippen MR) is 150 cm³/mol. The Morgan fingerprint density at radius 1 is 0.385 bits per heavy atom. The molecular weight excluding hydrogens is 496 g/mol. The van der Waals surface area contributed by atoms with Gasteiger partial charge in [0.2, 0.25) is 11.5 Å². The van der Waals surface area contributed by atoms with Gasteiger partial charge < -0.3 is 33.2 Å². The molecule has 0 aliphatic heterocycles. The summed E-state index contributed by atoms with van der Waals surface area (Å²) in [5.74, 6) is 3.20. The fraction of sp³-hybridized carbons (Fsp3) is 0.250. The lowest BCUT2D eigenvalue weighted by atomic mass is 9.97. The van der Waals surface area contributed by atoms with Crippen LogP contribution in [0.3, 0.4) is 0 Å². The summed E-state index contributed by atoms with van der Waals surface area (Å²) in [4.78, 5) is 0. The predicted octanol–water partition coefficient (Wildman–Crippen LogP) is 6.63. The van der Waals surface area contributed by atoms with E-state index < -0.39 is 12.2 Å². The molecule has 0 spiro atoms. The van der Waals surface area contributed by atoms with Gasteiger partial charge in [-0.15, -0.1) is 0 Å². The van der Waals surface area contributed by atoms with Crippen LogP contribution in [0.5, 0.6) is 34.5 Å². The molecular formula is C32H34O7. The number of hydrogen-bond donors (Lipinski definition) is 0. The zero-order chi connectivity index (χ0) is 27.8. The molecule has 2 unspecified atom stereocenters. The second-order valence-electron chi connectivity index (χ2n) is 8.63. The third-order valence-corrected chi connectivity index (χ3v) is 6.46. The molecule has 0 amide bonds. The summed E-state index contributed by atoms with van der Waals surface area (Å²) in [7, 11) is 9.57. The lowest BCUT2D eigenvalue weighted by Gasteiger charge is -2.28. The fourth-order valence-electron chi connectivity index (χ4n) is 4.60. The normalized spacial score (nSPS) is 12.3. The molecule has 7 nitrogen and oxygen atoms in total. The van der Waals surface area contributed by atoms with Gasteiger partial charge >= 0.3 is 0 Å². The maximum Gasteiger partial charge on any atom is 0.203 e. The van der Waals surface area contributed by atoms with Gasteiger partial charge in [-0.05, 0) is 46.5 Å². The maximum absolute atomic E-state index is 7.04. The highest BCUT2D eigenvalue weighted by atomic mass is 16.5. The van der Waals surface area contributed by atoms with Crippen LogP contribution in [-0.2, 0) is 4.74 Å². The van der Waals surface area contributed by atoms with Crippen molar-refractivity contribution in [1.29, 1.82) is 0 Å². The third kappa shape index (κ3) is 5.89. The van der Waals surface area contributed by atoms with E-state index >= 15 is 0 Å². The molecule has 0 fully saturated rings. The number of benzene rings is 4. The zero-order valence-corrected chi connectivity index (χ0v) is 23.1. The average Bonchev–Trinajstić information content (AvgIpc) is 3.00. The van der Waals surface area contributed by atoms with Crippen LogP contribution in [0.4, 0.5) is 0 Å². The summed E-state index contributed by atoms with van der Waals surface area (Å²) in [5, 5.41) is 0. The topological polar surface area (TPSA) is 64.6 Å². The van der Waals surface area contributed by atoms with E-state index in [-0.39, 0.29) is 0 Å². The van der Waals surface area contributed by atoms with Crippen molar-refractivity contribution < 1.29 is 33.2 Å². The third-order valence-electron chi connectivity index (χ3n) is 6.46. The van der Waals surface area contributed by atoms with Crippen molar-refractivity contribution in [2.24, 2.45) is 0 Å². The molecule has 4 aromatic carbocycles. The quantitative estimate of drug-likeness (QED) is 0.204. The molecule has 7 heteroatoms. The molecule has 0 aliphatic rings. The smallest absolute Gasteiger partial charge is 0.203 e. The number of rotatable bonds is 12. The highest BCUT2D eigenvalue weighted by Gasteiger charge is 2.28. The van der Waals surface area contributed by atoms with Gasteiger partial charge in [0.15, 0.2) is 23.0 Å². The first kappa shape index (κ1) is 27.7. The van der Waals surface area contributed by atoms with Crippen molar-refractivity contribution in [3.05, 3.63) is 107 Å². The molecule has 0 aromatic heterocycles. The number of methoxy groups -OCH3 is 6. The Labute approximate surface area is 229 Å². The minimum atomic E-state index is -0.496. The van der Waals surface area contributed by atoms with Crippen LogP contribution < -0.4 is 28.4 Å². The summed E-state index contributed by atoms with van der Waals surface area (Å²) in [6.07, 6.45) is -0.992. The van der Waals surface area contributed by atoms with Crippen LogP contribution in [0, 0.1) is 0 Å².